The summed E-state index contributed by atoms with van der Waals surface area (Å²) in [5, 5.41) is 11.4. The molecule has 0 unspecified atom stereocenters. The Morgan fingerprint density at radius 3 is 2.00 bits per heavy atom. The standard InChI is InChI=1S/C15H31BrOSi/c1-5-15(18(2,3)4)14(17)12-10-8-6-7-9-11-13-16/h5,14-15,17H,1,6-13H2,2-4H3/t14-,15+/m1/s1. The molecule has 0 amide bonds. The van der Waals surface area contributed by atoms with Gasteiger partial charge in [-0.1, -0.05) is 73.8 Å². The molecule has 0 aliphatic carbocycles. The second-order valence-electron chi connectivity index (χ2n) is 6.29. The summed E-state index contributed by atoms with van der Waals surface area (Å²) >= 11 is 3.46. The van der Waals surface area contributed by atoms with Crippen molar-refractivity contribution in [2.75, 3.05) is 5.33 Å². The zero-order valence-corrected chi connectivity index (χ0v) is 15.0. The van der Waals surface area contributed by atoms with Crippen LogP contribution < -0.4 is 0 Å². The Hall–Kier alpha value is 0.397. The van der Waals surface area contributed by atoms with Crippen LogP contribution in [0.15, 0.2) is 12.7 Å². The molecule has 1 N–H and O–H groups in total. The van der Waals surface area contributed by atoms with Crippen molar-refractivity contribution < 1.29 is 5.11 Å². The Kier molecular flexibility index (Phi) is 10.4. The zero-order valence-electron chi connectivity index (χ0n) is 12.4. The molecule has 0 rings (SSSR count). The van der Waals surface area contributed by atoms with Crippen LogP contribution >= 0.6 is 15.9 Å². The van der Waals surface area contributed by atoms with Crippen LogP contribution in [-0.4, -0.2) is 24.6 Å². The van der Waals surface area contributed by atoms with E-state index in [9.17, 15) is 5.11 Å². The Bertz CT molecular complexity index is 213. The van der Waals surface area contributed by atoms with Crippen molar-refractivity contribution in [3.8, 4) is 0 Å². The summed E-state index contributed by atoms with van der Waals surface area (Å²) in [6.07, 6.45) is 10.4. The first-order chi connectivity index (χ1) is 8.43. The molecule has 0 aliphatic rings. The topological polar surface area (TPSA) is 20.2 Å². The van der Waals surface area contributed by atoms with Crippen LogP contribution in [0.25, 0.3) is 0 Å². The molecule has 0 fully saturated rings. The molecule has 0 aliphatic heterocycles. The fraction of sp³-hybridized carbons (Fsp3) is 0.867. The maximum atomic E-state index is 10.2. The number of aliphatic hydroxyl groups excluding tert-OH is 1. The predicted octanol–water partition coefficient (Wildman–Crippen LogP) is 5.37. The van der Waals surface area contributed by atoms with Gasteiger partial charge in [0.25, 0.3) is 0 Å². The molecule has 0 aromatic rings. The van der Waals surface area contributed by atoms with Crippen LogP contribution in [0.4, 0.5) is 0 Å². The number of aliphatic hydroxyl groups is 1. The number of unbranched alkanes of at least 4 members (excludes halogenated alkanes) is 5. The lowest BCUT2D eigenvalue weighted by Gasteiger charge is -2.30. The van der Waals surface area contributed by atoms with Crippen LogP contribution in [0, 0.1) is 0 Å². The third-order valence-electron chi connectivity index (χ3n) is 3.55. The number of hydrogen-bond donors (Lipinski definition) is 1. The molecule has 18 heavy (non-hydrogen) atoms. The monoisotopic (exact) mass is 334 g/mol. The minimum absolute atomic E-state index is 0.170. The van der Waals surface area contributed by atoms with Gasteiger partial charge in [-0.2, -0.15) is 0 Å². The van der Waals surface area contributed by atoms with Crippen molar-refractivity contribution >= 4 is 24.0 Å². The fourth-order valence-corrected chi connectivity index (χ4v) is 4.85. The first kappa shape index (κ1) is 18.4. The van der Waals surface area contributed by atoms with Gasteiger partial charge >= 0.3 is 0 Å². The molecule has 0 saturated carbocycles. The van der Waals surface area contributed by atoms with Gasteiger partial charge < -0.3 is 5.11 Å². The highest BCUT2D eigenvalue weighted by Crippen LogP contribution is 2.29. The molecule has 0 spiro atoms. The van der Waals surface area contributed by atoms with Gasteiger partial charge in [0.05, 0.1) is 14.2 Å². The van der Waals surface area contributed by atoms with E-state index in [1.165, 1.54) is 32.1 Å². The summed E-state index contributed by atoms with van der Waals surface area (Å²) in [6, 6.07) is 0. The van der Waals surface area contributed by atoms with E-state index in [0.717, 1.165) is 18.2 Å². The average Bonchev–Trinajstić information content (AvgIpc) is 2.27. The fourth-order valence-electron chi connectivity index (χ4n) is 2.42. The average molecular weight is 335 g/mol. The third kappa shape index (κ3) is 8.49. The van der Waals surface area contributed by atoms with E-state index in [0.29, 0.717) is 5.54 Å². The molecule has 0 aromatic heterocycles. The van der Waals surface area contributed by atoms with E-state index < -0.39 is 8.07 Å². The van der Waals surface area contributed by atoms with Crippen molar-refractivity contribution in [3.63, 3.8) is 0 Å². The molecule has 108 valence electrons. The predicted molar refractivity (Wildman–Crippen MR) is 89.4 cm³/mol. The van der Waals surface area contributed by atoms with Crippen LogP contribution in [0.1, 0.15) is 44.9 Å². The van der Waals surface area contributed by atoms with E-state index in [4.69, 9.17) is 0 Å². The van der Waals surface area contributed by atoms with E-state index in [1.807, 2.05) is 6.08 Å². The molecule has 2 atom stereocenters. The maximum Gasteiger partial charge on any atom is 0.0578 e. The van der Waals surface area contributed by atoms with E-state index in [-0.39, 0.29) is 6.10 Å². The molecule has 0 saturated heterocycles. The number of rotatable bonds is 11. The van der Waals surface area contributed by atoms with Gasteiger partial charge in [-0.05, 0) is 18.4 Å². The summed E-state index contributed by atoms with van der Waals surface area (Å²) < 4.78 is 0. The summed E-state index contributed by atoms with van der Waals surface area (Å²) in [7, 11) is -1.31. The van der Waals surface area contributed by atoms with Crippen LogP contribution in [0.2, 0.25) is 25.2 Å². The van der Waals surface area contributed by atoms with Crippen molar-refractivity contribution in [1.29, 1.82) is 0 Å². The normalized spacial score (nSPS) is 15.4. The van der Waals surface area contributed by atoms with Crippen LogP contribution in [0.5, 0.6) is 0 Å². The van der Waals surface area contributed by atoms with Gasteiger partial charge in [-0.3, -0.25) is 0 Å². The lowest BCUT2D eigenvalue weighted by molar-refractivity contribution is 0.161. The quantitative estimate of drug-likeness (QED) is 0.233. The highest BCUT2D eigenvalue weighted by molar-refractivity contribution is 9.09. The Morgan fingerprint density at radius 2 is 1.56 bits per heavy atom. The lowest BCUT2D eigenvalue weighted by atomic mass is 10.1. The summed E-state index contributed by atoms with van der Waals surface area (Å²) in [5.41, 5.74) is 0.339. The SMILES string of the molecule is C=C[C@@H]([C@H](O)CCCCCCCCBr)[Si](C)(C)C. The van der Waals surface area contributed by atoms with Crippen molar-refractivity contribution in [1.82, 2.24) is 0 Å². The Morgan fingerprint density at radius 1 is 1.06 bits per heavy atom. The van der Waals surface area contributed by atoms with E-state index in [2.05, 4.69) is 42.1 Å². The van der Waals surface area contributed by atoms with Gasteiger partial charge in [-0.25, -0.2) is 0 Å². The number of alkyl halides is 1. The van der Waals surface area contributed by atoms with Gasteiger partial charge in [0.1, 0.15) is 0 Å². The summed E-state index contributed by atoms with van der Waals surface area (Å²) in [4.78, 5) is 0. The highest BCUT2D eigenvalue weighted by Gasteiger charge is 2.29. The van der Waals surface area contributed by atoms with E-state index in [1.54, 1.807) is 0 Å². The Labute approximate surface area is 123 Å². The summed E-state index contributed by atoms with van der Waals surface area (Å²) in [6.45, 7) is 10.8. The first-order valence-corrected chi connectivity index (χ1v) is 12.0. The molecule has 0 heterocycles. The second-order valence-corrected chi connectivity index (χ2v) is 12.5. The maximum absolute atomic E-state index is 10.2. The molecular weight excluding hydrogens is 304 g/mol. The third-order valence-corrected chi connectivity index (χ3v) is 6.73. The molecular formula is C15H31BrOSi. The van der Waals surface area contributed by atoms with Gasteiger partial charge in [-0.15, -0.1) is 6.58 Å². The van der Waals surface area contributed by atoms with Crippen LogP contribution in [0.3, 0.4) is 0 Å². The molecule has 3 heteroatoms. The molecule has 0 radical (unpaired) electrons. The highest BCUT2D eigenvalue weighted by atomic mass is 79.9. The Balaban J connectivity index is 3.69. The first-order valence-electron chi connectivity index (χ1n) is 7.30. The molecule has 1 nitrogen and oxygen atoms in total. The lowest BCUT2D eigenvalue weighted by Crippen LogP contribution is -2.35. The second kappa shape index (κ2) is 10.2. The minimum atomic E-state index is -1.31. The minimum Gasteiger partial charge on any atom is -0.393 e. The van der Waals surface area contributed by atoms with Gasteiger partial charge in [0, 0.05) is 5.33 Å². The number of halogens is 1. The van der Waals surface area contributed by atoms with Gasteiger partial charge in [0.15, 0.2) is 0 Å². The van der Waals surface area contributed by atoms with Crippen LogP contribution in [-0.2, 0) is 0 Å². The zero-order chi connectivity index (χ0) is 14.0. The van der Waals surface area contributed by atoms with Crippen molar-refractivity contribution in [2.24, 2.45) is 0 Å². The van der Waals surface area contributed by atoms with Crippen molar-refractivity contribution in [3.05, 3.63) is 12.7 Å². The largest absolute Gasteiger partial charge is 0.393 e. The molecule has 0 bridgehead atoms. The van der Waals surface area contributed by atoms with Crippen molar-refractivity contribution in [2.45, 2.75) is 76.2 Å². The number of hydrogen-bond acceptors (Lipinski definition) is 1. The van der Waals surface area contributed by atoms with Gasteiger partial charge in [0.2, 0.25) is 0 Å². The summed E-state index contributed by atoms with van der Waals surface area (Å²) in [5.74, 6) is 0. The molecule has 0 aromatic carbocycles. The van der Waals surface area contributed by atoms with E-state index >= 15 is 0 Å². The smallest absolute Gasteiger partial charge is 0.0578 e.